The predicted octanol–water partition coefficient (Wildman–Crippen LogP) is 4.66. The first-order valence-corrected chi connectivity index (χ1v) is 6.06. The van der Waals surface area contributed by atoms with Gasteiger partial charge in [-0.2, -0.15) is 0 Å². The largest absolute Gasteiger partial charge is 0.466 e. The zero-order valence-corrected chi connectivity index (χ0v) is 11.0. The highest BCUT2D eigenvalue weighted by Gasteiger charge is 2.17. The van der Waals surface area contributed by atoms with Gasteiger partial charge in [0.1, 0.15) is 11.5 Å². The summed E-state index contributed by atoms with van der Waals surface area (Å²) < 4.78 is 31.4. The summed E-state index contributed by atoms with van der Waals surface area (Å²) in [7, 11) is 0. The number of alkyl halides is 1. The third-order valence-corrected chi connectivity index (χ3v) is 3.61. The van der Waals surface area contributed by atoms with E-state index in [1.807, 2.05) is 19.9 Å². The van der Waals surface area contributed by atoms with Crippen LogP contribution in [0.15, 0.2) is 28.7 Å². The van der Waals surface area contributed by atoms with E-state index in [0.29, 0.717) is 5.56 Å². The van der Waals surface area contributed by atoms with Crippen LogP contribution in [0.3, 0.4) is 0 Å². The lowest BCUT2D eigenvalue weighted by Crippen LogP contribution is -1.95. The first kappa shape index (κ1) is 12.3. The predicted molar refractivity (Wildman–Crippen MR) is 65.3 cm³/mol. The van der Waals surface area contributed by atoms with Crippen molar-refractivity contribution >= 4 is 15.9 Å². The number of hydrogen-bond donors (Lipinski definition) is 0. The first-order valence-electron chi connectivity index (χ1n) is 5.15. The molecule has 90 valence electrons. The maximum atomic E-state index is 13.1. The van der Waals surface area contributed by atoms with Crippen molar-refractivity contribution in [1.29, 1.82) is 0 Å². The van der Waals surface area contributed by atoms with Crippen molar-refractivity contribution in [1.82, 2.24) is 0 Å². The van der Waals surface area contributed by atoms with Gasteiger partial charge in [-0.25, -0.2) is 8.78 Å². The molecule has 0 fully saturated rings. The van der Waals surface area contributed by atoms with Crippen LogP contribution in [-0.2, 0) is 0 Å². The van der Waals surface area contributed by atoms with E-state index in [0.717, 1.165) is 23.2 Å². The molecule has 4 heteroatoms. The second-order valence-electron chi connectivity index (χ2n) is 3.90. The van der Waals surface area contributed by atoms with E-state index >= 15 is 0 Å². The first-order chi connectivity index (χ1) is 7.99. The Morgan fingerprint density at radius 1 is 1.12 bits per heavy atom. The molecule has 1 atom stereocenters. The third-order valence-electron chi connectivity index (χ3n) is 2.59. The molecule has 2 aromatic rings. The Morgan fingerprint density at radius 2 is 1.82 bits per heavy atom. The summed E-state index contributed by atoms with van der Waals surface area (Å²) in [6.07, 6.45) is 0. The summed E-state index contributed by atoms with van der Waals surface area (Å²) >= 11 is 3.47. The molecule has 1 heterocycles. The fraction of sp³-hybridized carbons (Fsp3) is 0.231. The van der Waals surface area contributed by atoms with Crippen LogP contribution in [0.4, 0.5) is 8.78 Å². The van der Waals surface area contributed by atoms with Crippen LogP contribution in [0.25, 0.3) is 0 Å². The normalized spacial score (nSPS) is 12.8. The van der Waals surface area contributed by atoms with Crippen molar-refractivity contribution < 1.29 is 13.2 Å². The summed E-state index contributed by atoms with van der Waals surface area (Å²) in [6.45, 7) is 3.69. The second-order valence-corrected chi connectivity index (χ2v) is 4.82. The molecule has 0 amide bonds. The standard InChI is InChI=1S/C13H11BrF2O/c1-7-5-10(8(2)17-7)13(14)9-3-4-11(15)12(16)6-9/h3-6,13H,1-2H3. The zero-order valence-electron chi connectivity index (χ0n) is 9.43. The molecule has 0 saturated heterocycles. The van der Waals surface area contributed by atoms with Gasteiger partial charge >= 0.3 is 0 Å². The van der Waals surface area contributed by atoms with Gasteiger partial charge in [0, 0.05) is 5.56 Å². The van der Waals surface area contributed by atoms with Crippen LogP contribution >= 0.6 is 15.9 Å². The highest BCUT2D eigenvalue weighted by molar-refractivity contribution is 9.09. The summed E-state index contributed by atoms with van der Waals surface area (Å²) in [5.41, 5.74) is 1.58. The maximum absolute atomic E-state index is 13.1. The molecule has 1 unspecified atom stereocenters. The molecule has 0 bridgehead atoms. The molecule has 1 aromatic heterocycles. The minimum atomic E-state index is -0.843. The van der Waals surface area contributed by atoms with Crippen LogP contribution < -0.4 is 0 Å². The smallest absolute Gasteiger partial charge is 0.159 e. The van der Waals surface area contributed by atoms with E-state index in [-0.39, 0.29) is 4.83 Å². The SMILES string of the molecule is Cc1cc(C(Br)c2ccc(F)c(F)c2)c(C)o1. The lowest BCUT2D eigenvalue weighted by atomic mass is 10.1. The Labute approximate surface area is 107 Å². The minimum Gasteiger partial charge on any atom is -0.466 e. The molecule has 2 rings (SSSR count). The summed E-state index contributed by atoms with van der Waals surface area (Å²) in [6, 6.07) is 5.76. The van der Waals surface area contributed by atoms with Gasteiger partial charge in [0.05, 0.1) is 4.83 Å². The van der Waals surface area contributed by atoms with Gasteiger partial charge in [-0.1, -0.05) is 22.0 Å². The van der Waals surface area contributed by atoms with E-state index in [4.69, 9.17) is 4.42 Å². The molecule has 0 saturated carbocycles. The molecule has 1 aromatic carbocycles. The van der Waals surface area contributed by atoms with Crippen LogP contribution in [0.2, 0.25) is 0 Å². The Hall–Kier alpha value is -1.16. The Bertz CT molecular complexity index is 548. The second kappa shape index (κ2) is 4.61. The topological polar surface area (TPSA) is 13.1 Å². The van der Waals surface area contributed by atoms with Crippen molar-refractivity contribution in [2.75, 3.05) is 0 Å². The van der Waals surface area contributed by atoms with E-state index in [1.54, 1.807) is 6.07 Å². The fourth-order valence-corrected chi connectivity index (χ4v) is 2.49. The molecular formula is C13H11BrF2O. The van der Waals surface area contributed by atoms with Crippen LogP contribution in [-0.4, -0.2) is 0 Å². The Kier molecular flexibility index (Phi) is 3.33. The fourth-order valence-electron chi connectivity index (χ4n) is 1.75. The number of rotatable bonds is 2. The summed E-state index contributed by atoms with van der Waals surface area (Å²) in [4.78, 5) is -0.199. The average Bonchev–Trinajstić information content (AvgIpc) is 2.61. The molecule has 0 N–H and O–H groups in total. The van der Waals surface area contributed by atoms with Gasteiger partial charge in [0.25, 0.3) is 0 Å². The quantitative estimate of drug-likeness (QED) is 0.735. The highest BCUT2D eigenvalue weighted by atomic mass is 79.9. The highest BCUT2D eigenvalue weighted by Crippen LogP contribution is 2.34. The lowest BCUT2D eigenvalue weighted by molar-refractivity contribution is 0.501. The van der Waals surface area contributed by atoms with Crippen molar-refractivity contribution in [2.24, 2.45) is 0 Å². The van der Waals surface area contributed by atoms with Crippen molar-refractivity contribution in [3.05, 3.63) is 58.5 Å². The molecule has 17 heavy (non-hydrogen) atoms. The third kappa shape index (κ3) is 2.41. The molecule has 0 aliphatic rings. The Balaban J connectivity index is 2.40. The van der Waals surface area contributed by atoms with Crippen molar-refractivity contribution in [3.63, 3.8) is 0 Å². The van der Waals surface area contributed by atoms with E-state index in [1.165, 1.54) is 6.07 Å². The van der Waals surface area contributed by atoms with Gasteiger partial charge in [-0.05, 0) is 37.6 Å². The molecule has 0 aliphatic carbocycles. The zero-order chi connectivity index (χ0) is 12.6. The molecule has 0 aliphatic heterocycles. The van der Waals surface area contributed by atoms with Crippen molar-refractivity contribution in [3.8, 4) is 0 Å². The number of benzene rings is 1. The maximum Gasteiger partial charge on any atom is 0.159 e. The van der Waals surface area contributed by atoms with Crippen LogP contribution in [0.5, 0.6) is 0 Å². The molecule has 1 nitrogen and oxygen atoms in total. The number of aryl methyl sites for hydroxylation is 2. The minimum absolute atomic E-state index is 0.199. The van der Waals surface area contributed by atoms with Crippen LogP contribution in [0, 0.1) is 25.5 Å². The van der Waals surface area contributed by atoms with Crippen LogP contribution in [0.1, 0.15) is 27.5 Å². The molecular weight excluding hydrogens is 290 g/mol. The Morgan fingerprint density at radius 3 is 2.35 bits per heavy atom. The molecule has 0 spiro atoms. The van der Waals surface area contributed by atoms with Gasteiger partial charge in [-0.15, -0.1) is 0 Å². The average molecular weight is 301 g/mol. The molecule has 0 radical (unpaired) electrons. The van der Waals surface area contributed by atoms with Gasteiger partial charge in [0.15, 0.2) is 11.6 Å². The number of furan rings is 1. The number of halogens is 3. The van der Waals surface area contributed by atoms with Gasteiger partial charge < -0.3 is 4.42 Å². The summed E-state index contributed by atoms with van der Waals surface area (Å²) in [5.74, 6) is -0.114. The van der Waals surface area contributed by atoms with Crippen molar-refractivity contribution in [2.45, 2.75) is 18.7 Å². The summed E-state index contributed by atoms with van der Waals surface area (Å²) in [5, 5.41) is 0. The number of hydrogen-bond acceptors (Lipinski definition) is 1. The van der Waals surface area contributed by atoms with Gasteiger partial charge in [-0.3, -0.25) is 0 Å². The van der Waals surface area contributed by atoms with E-state index < -0.39 is 11.6 Å². The van der Waals surface area contributed by atoms with E-state index in [9.17, 15) is 8.78 Å². The lowest BCUT2D eigenvalue weighted by Gasteiger charge is -2.09. The monoisotopic (exact) mass is 300 g/mol. The van der Waals surface area contributed by atoms with E-state index in [2.05, 4.69) is 15.9 Å². The van der Waals surface area contributed by atoms with Gasteiger partial charge in [0.2, 0.25) is 0 Å².